The van der Waals surface area contributed by atoms with Crippen LogP contribution in [0.2, 0.25) is 0 Å². The number of anilines is 2. The quantitative estimate of drug-likeness (QED) is 0.478. The van der Waals surface area contributed by atoms with Crippen LogP contribution in [0.25, 0.3) is 21.1 Å². The van der Waals surface area contributed by atoms with Crippen LogP contribution in [0.5, 0.6) is 5.75 Å². The summed E-state index contributed by atoms with van der Waals surface area (Å²) < 4.78 is 8.06. The van der Waals surface area contributed by atoms with Crippen molar-refractivity contribution >= 4 is 59.9 Å². The Labute approximate surface area is 167 Å². The first-order valence-corrected chi connectivity index (χ1v) is 10.2. The molecular formula is C19H15BrN4O2S. The molecule has 0 radical (unpaired) electrons. The Hall–Kier alpha value is -2.29. The second kappa shape index (κ2) is 6.70. The van der Waals surface area contributed by atoms with E-state index in [1.54, 1.807) is 11.3 Å². The third kappa shape index (κ3) is 3.13. The van der Waals surface area contributed by atoms with Gasteiger partial charge >= 0.3 is 0 Å². The van der Waals surface area contributed by atoms with Crippen molar-refractivity contribution in [3.63, 3.8) is 0 Å². The lowest BCUT2D eigenvalue weighted by atomic mass is 9.92. The molecule has 2 atom stereocenters. The second-order valence-electron chi connectivity index (χ2n) is 6.48. The van der Waals surface area contributed by atoms with E-state index < -0.39 is 6.10 Å². The summed E-state index contributed by atoms with van der Waals surface area (Å²) in [6, 6.07) is 9.84. The summed E-state index contributed by atoms with van der Waals surface area (Å²) in [6.45, 7) is 0. The highest BCUT2D eigenvalue weighted by atomic mass is 79.9. The molecule has 1 saturated carbocycles. The number of aliphatic hydroxyl groups is 1. The third-order valence-electron chi connectivity index (χ3n) is 4.72. The largest absolute Gasteiger partial charge is 0.487 e. The van der Waals surface area contributed by atoms with Gasteiger partial charge in [0.15, 0.2) is 0 Å². The Bertz CT molecular complexity index is 1150. The minimum absolute atomic E-state index is 0.191. The molecule has 2 aromatic carbocycles. The number of rotatable bonds is 4. The first-order chi connectivity index (χ1) is 13.2. The van der Waals surface area contributed by atoms with Gasteiger partial charge in [-0.25, -0.2) is 15.0 Å². The van der Waals surface area contributed by atoms with E-state index in [4.69, 9.17) is 4.74 Å². The number of benzene rings is 2. The molecular weight excluding hydrogens is 428 g/mol. The van der Waals surface area contributed by atoms with Gasteiger partial charge in [-0.15, -0.1) is 11.3 Å². The van der Waals surface area contributed by atoms with Crippen molar-refractivity contribution in [2.75, 3.05) is 5.32 Å². The Morgan fingerprint density at radius 2 is 2.04 bits per heavy atom. The van der Waals surface area contributed by atoms with Gasteiger partial charge in [-0.05, 0) is 43.2 Å². The van der Waals surface area contributed by atoms with Gasteiger partial charge in [-0.2, -0.15) is 0 Å². The van der Waals surface area contributed by atoms with Crippen LogP contribution in [0.1, 0.15) is 12.8 Å². The molecule has 1 aliphatic rings. The highest BCUT2D eigenvalue weighted by Gasteiger charge is 2.31. The molecule has 2 aromatic heterocycles. The van der Waals surface area contributed by atoms with E-state index in [0.717, 1.165) is 44.1 Å². The van der Waals surface area contributed by atoms with E-state index in [2.05, 4.69) is 42.3 Å². The van der Waals surface area contributed by atoms with Crippen molar-refractivity contribution in [2.45, 2.75) is 25.0 Å². The molecule has 0 unspecified atom stereocenters. The van der Waals surface area contributed by atoms with Gasteiger partial charge < -0.3 is 15.2 Å². The zero-order chi connectivity index (χ0) is 18.4. The summed E-state index contributed by atoms with van der Waals surface area (Å²) in [5.41, 5.74) is 4.50. The maximum Gasteiger partial charge on any atom is 0.145 e. The molecule has 1 fully saturated rings. The molecule has 1 aliphatic carbocycles. The minimum atomic E-state index is -0.422. The van der Waals surface area contributed by atoms with E-state index in [0.29, 0.717) is 11.6 Å². The fraction of sp³-hybridized carbons (Fsp3) is 0.211. The number of aromatic nitrogens is 3. The summed E-state index contributed by atoms with van der Waals surface area (Å²) in [7, 11) is 0. The Morgan fingerprint density at radius 3 is 2.85 bits per heavy atom. The molecule has 0 bridgehead atoms. The monoisotopic (exact) mass is 442 g/mol. The molecule has 0 amide bonds. The van der Waals surface area contributed by atoms with Crippen LogP contribution >= 0.6 is 27.3 Å². The van der Waals surface area contributed by atoms with Crippen molar-refractivity contribution in [2.24, 2.45) is 0 Å². The molecule has 0 spiro atoms. The summed E-state index contributed by atoms with van der Waals surface area (Å²) >= 11 is 5.11. The Balaban J connectivity index is 1.58. The normalized spacial score (nSPS) is 19.2. The number of ether oxygens (including phenoxy) is 1. The summed E-state index contributed by atoms with van der Waals surface area (Å²) in [5.74, 6) is 1.32. The van der Waals surface area contributed by atoms with Gasteiger partial charge in [0.05, 0.1) is 32.7 Å². The highest BCUT2D eigenvalue weighted by molar-refractivity contribution is 9.10. The van der Waals surface area contributed by atoms with E-state index in [-0.39, 0.29) is 6.10 Å². The van der Waals surface area contributed by atoms with Gasteiger partial charge in [-0.3, -0.25) is 0 Å². The average Bonchev–Trinajstić information content (AvgIpc) is 3.12. The van der Waals surface area contributed by atoms with Crippen molar-refractivity contribution in [1.29, 1.82) is 0 Å². The topological polar surface area (TPSA) is 80.2 Å². The lowest BCUT2D eigenvalue weighted by Crippen LogP contribution is -2.41. The molecule has 5 rings (SSSR count). The van der Waals surface area contributed by atoms with Gasteiger partial charge in [0, 0.05) is 10.2 Å². The van der Waals surface area contributed by atoms with Crippen molar-refractivity contribution in [1.82, 2.24) is 15.0 Å². The molecule has 6 nitrogen and oxygen atoms in total. The predicted molar refractivity (Wildman–Crippen MR) is 110 cm³/mol. The van der Waals surface area contributed by atoms with Crippen LogP contribution in [0, 0.1) is 0 Å². The van der Waals surface area contributed by atoms with E-state index in [9.17, 15) is 5.11 Å². The maximum atomic E-state index is 9.91. The first-order valence-electron chi connectivity index (χ1n) is 8.56. The van der Waals surface area contributed by atoms with E-state index in [1.165, 1.54) is 6.33 Å². The van der Waals surface area contributed by atoms with Gasteiger partial charge in [0.25, 0.3) is 0 Å². The molecule has 2 N–H and O–H groups in total. The molecule has 136 valence electrons. The van der Waals surface area contributed by atoms with Crippen LogP contribution < -0.4 is 10.1 Å². The average molecular weight is 443 g/mol. The van der Waals surface area contributed by atoms with Crippen LogP contribution in [-0.4, -0.2) is 32.3 Å². The van der Waals surface area contributed by atoms with E-state index >= 15 is 0 Å². The van der Waals surface area contributed by atoms with Crippen molar-refractivity contribution < 1.29 is 9.84 Å². The van der Waals surface area contributed by atoms with E-state index in [1.807, 2.05) is 29.8 Å². The Kier molecular flexibility index (Phi) is 4.18. The number of hydrogen-bond acceptors (Lipinski definition) is 7. The van der Waals surface area contributed by atoms with Gasteiger partial charge in [-0.1, -0.05) is 15.9 Å². The Morgan fingerprint density at radius 1 is 1.11 bits per heavy atom. The van der Waals surface area contributed by atoms with Crippen LogP contribution in [0.15, 0.2) is 46.6 Å². The lowest BCUT2D eigenvalue weighted by molar-refractivity contribution is -0.0354. The standard InChI is InChI=1S/C19H15BrN4O2S/c20-10-5-13-18(16(6-10)26-15-4-3-14(15)25)19(22-8-21-13)24-11-1-2-12-17(7-11)27-9-23-12/h1-2,5-9,14-15,25H,3-4H2,(H,21,22,24)/t14-,15-/m1/s1. The second-order valence-corrected chi connectivity index (χ2v) is 8.28. The summed E-state index contributed by atoms with van der Waals surface area (Å²) in [4.78, 5) is 13.1. The molecule has 27 heavy (non-hydrogen) atoms. The van der Waals surface area contributed by atoms with Gasteiger partial charge in [0.1, 0.15) is 24.0 Å². The number of nitrogens with zero attached hydrogens (tertiary/aromatic N) is 3. The molecule has 2 heterocycles. The zero-order valence-electron chi connectivity index (χ0n) is 14.1. The number of aliphatic hydroxyl groups excluding tert-OH is 1. The number of hydrogen-bond donors (Lipinski definition) is 2. The van der Waals surface area contributed by atoms with Crippen LogP contribution in [-0.2, 0) is 0 Å². The molecule has 0 saturated heterocycles. The van der Waals surface area contributed by atoms with Crippen LogP contribution in [0.4, 0.5) is 11.5 Å². The smallest absolute Gasteiger partial charge is 0.145 e. The summed E-state index contributed by atoms with van der Waals surface area (Å²) in [5, 5.41) is 14.1. The molecule has 0 aliphatic heterocycles. The lowest BCUT2D eigenvalue weighted by Gasteiger charge is -2.33. The molecule has 8 heteroatoms. The predicted octanol–water partition coefficient (Wildman–Crippen LogP) is 4.65. The highest BCUT2D eigenvalue weighted by Crippen LogP contribution is 2.37. The van der Waals surface area contributed by atoms with Gasteiger partial charge in [0.2, 0.25) is 0 Å². The first kappa shape index (κ1) is 16.9. The number of halogens is 1. The summed E-state index contributed by atoms with van der Waals surface area (Å²) in [6.07, 6.45) is 2.53. The third-order valence-corrected chi connectivity index (χ3v) is 5.96. The minimum Gasteiger partial charge on any atom is -0.487 e. The van der Waals surface area contributed by atoms with Crippen molar-refractivity contribution in [3.05, 3.63) is 46.6 Å². The number of nitrogens with one attached hydrogen (secondary N) is 1. The van der Waals surface area contributed by atoms with Crippen LogP contribution in [0.3, 0.4) is 0 Å². The molecule has 4 aromatic rings. The van der Waals surface area contributed by atoms with Crippen molar-refractivity contribution in [3.8, 4) is 5.75 Å². The SMILES string of the molecule is O[C@@H]1CC[C@H]1Oc1cc(Br)cc2ncnc(Nc3ccc4ncsc4c3)c12. The number of thiazole rings is 1. The number of fused-ring (bicyclic) bond motifs is 2. The maximum absolute atomic E-state index is 9.91. The fourth-order valence-corrected chi connectivity index (χ4v) is 4.27. The zero-order valence-corrected chi connectivity index (χ0v) is 16.5. The fourth-order valence-electron chi connectivity index (χ4n) is 3.13.